The molecule has 2 aliphatic carbocycles. The lowest BCUT2D eigenvalue weighted by Crippen LogP contribution is -2.35. The van der Waals surface area contributed by atoms with Crippen LogP contribution in [0.15, 0.2) is 158 Å². The van der Waals surface area contributed by atoms with Crippen LogP contribution in [-0.4, -0.2) is 26.4 Å². The predicted molar refractivity (Wildman–Crippen MR) is 366 cm³/mol. The summed E-state index contributed by atoms with van der Waals surface area (Å²) in [6.07, 6.45) is 23.7. The zero-order valence-electron chi connectivity index (χ0n) is 52.0. The van der Waals surface area contributed by atoms with Crippen molar-refractivity contribution < 1.29 is 18.9 Å². The number of hydrogen-bond donors (Lipinski definition) is 0. The second-order valence-corrected chi connectivity index (χ2v) is 28.4. The second kappa shape index (κ2) is 27.6. The highest BCUT2D eigenvalue weighted by Gasteiger charge is 2.57. The molecule has 2 fully saturated rings. The third-order valence-electron chi connectivity index (χ3n) is 19.3. The number of unbranched alkanes of at least 4 members (excludes halogenated alkanes) is 12. The zero-order valence-corrected chi connectivity index (χ0v) is 54.4. The first kappa shape index (κ1) is 60.2. The van der Waals surface area contributed by atoms with Crippen molar-refractivity contribution >= 4 is 34.0 Å². The van der Waals surface area contributed by atoms with E-state index in [1.54, 1.807) is 22.7 Å². The lowest BCUT2D eigenvalue weighted by atomic mass is 9.61. The lowest BCUT2D eigenvalue weighted by molar-refractivity contribution is -0.0415. The van der Waals surface area contributed by atoms with Crippen LogP contribution >= 0.6 is 34.0 Å². The minimum Gasteiger partial charge on any atom is -0.345 e. The molecule has 6 aromatic carbocycles. The molecule has 13 rings (SSSR count). The molecule has 2 aliphatic heterocycles. The summed E-state index contributed by atoms with van der Waals surface area (Å²) in [5.74, 6) is 0. The molecule has 3 aromatic heterocycles. The maximum Gasteiger partial charge on any atom is 0.193 e. The molecular formula is C80H88O4S3. The zero-order chi connectivity index (χ0) is 59.2. The van der Waals surface area contributed by atoms with Crippen LogP contribution in [0.3, 0.4) is 0 Å². The van der Waals surface area contributed by atoms with Gasteiger partial charge in [-0.15, -0.1) is 34.0 Å². The molecule has 450 valence electrons. The van der Waals surface area contributed by atoms with E-state index in [0.29, 0.717) is 26.4 Å². The van der Waals surface area contributed by atoms with Gasteiger partial charge < -0.3 is 18.9 Å². The van der Waals surface area contributed by atoms with E-state index in [1.807, 2.05) is 11.3 Å². The summed E-state index contributed by atoms with van der Waals surface area (Å²) in [5.41, 5.74) is 20.3. The van der Waals surface area contributed by atoms with Crippen LogP contribution in [0, 0.1) is 0 Å². The number of ether oxygens (including phenoxy) is 4. The Morgan fingerprint density at radius 2 is 0.644 bits per heavy atom. The first-order chi connectivity index (χ1) is 43.0. The first-order valence-corrected chi connectivity index (χ1v) is 35.9. The minimum atomic E-state index is -0.692. The molecule has 0 saturated carbocycles. The molecule has 5 heterocycles. The Kier molecular flexibility index (Phi) is 19.1. The quantitative estimate of drug-likeness (QED) is 0.0458. The molecule has 0 radical (unpaired) electrons. The molecule has 2 saturated heterocycles. The van der Waals surface area contributed by atoms with Gasteiger partial charge in [-0.1, -0.05) is 226 Å². The van der Waals surface area contributed by atoms with E-state index in [2.05, 4.69) is 185 Å². The van der Waals surface area contributed by atoms with Gasteiger partial charge in [0.2, 0.25) is 0 Å². The normalized spacial score (nSPS) is 15.8. The fourth-order valence-corrected chi connectivity index (χ4v) is 18.3. The van der Waals surface area contributed by atoms with Crippen molar-refractivity contribution in [3.8, 4) is 41.8 Å². The van der Waals surface area contributed by atoms with Gasteiger partial charge in [0.15, 0.2) is 12.6 Å². The van der Waals surface area contributed by atoms with Crippen LogP contribution in [0.4, 0.5) is 0 Å². The monoisotopic (exact) mass is 1210 g/mol. The third-order valence-corrected chi connectivity index (χ3v) is 22.9. The summed E-state index contributed by atoms with van der Waals surface area (Å²) in [5, 5.41) is 0. The van der Waals surface area contributed by atoms with E-state index in [0.717, 1.165) is 35.4 Å². The van der Waals surface area contributed by atoms with Gasteiger partial charge in [0, 0.05) is 19.5 Å². The number of benzene rings is 6. The van der Waals surface area contributed by atoms with E-state index in [4.69, 9.17) is 18.9 Å². The molecule has 9 aromatic rings. The molecule has 0 amide bonds. The molecule has 0 bridgehead atoms. The van der Waals surface area contributed by atoms with Gasteiger partial charge in [-0.2, -0.15) is 0 Å². The predicted octanol–water partition coefficient (Wildman–Crippen LogP) is 22.5. The van der Waals surface area contributed by atoms with Crippen molar-refractivity contribution in [1.29, 1.82) is 0 Å². The highest BCUT2D eigenvalue weighted by atomic mass is 32.1. The largest absolute Gasteiger partial charge is 0.345 e. The summed E-state index contributed by atoms with van der Waals surface area (Å²) in [7, 11) is 0. The number of aryl methyl sites for hydroxylation is 4. The van der Waals surface area contributed by atoms with Gasteiger partial charge in [0.1, 0.15) is 0 Å². The molecular weight excluding hydrogens is 1120 g/mol. The van der Waals surface area contributed by atoms with Gasteiger partial charge in [0.05, 0.1) is 47.0 Å². The van der Waals surface area contributed by atoms with E-state index >= 15 is 0 Å². The fraction of sp³-hybridized carbons (Fsp3) is 0.400. The van der Waals surface area contributed by atoms with Crippen molar-refractivity contribution in [3.05, 3.63) is 234 Å². The highest BCUT2D eigenvalue weighted by Crippen LogP contribution is 2.70. The maximum absolute atomic E-state index is 6.10. The molecule has 4 aliphatic rings. The topological polar surface area (TPSA) is 36.9 Å². The Labute approximate surface area is 531 Å². The maximum atomic E-state index is 6.10. The van der Waals surface area contributed by atoms with Gasteiger partial charge >= 0.3 is 0 Å². The summed E-state index contributed by atoms with van der Waals surface area (Å²) in [4.78, 5) is 7.46. The summed E-state index contributed by atoms with van der Waals surface area (Å²) in [6.45, 7) is 11.7. The SMILES string of the molecule is CCCCCCc1ccc(C2(c3ccc(CCCCCC)cc3)c3cc(-c4ccc(C5OCCO5)s4)ccc3-c3sc4c(c32)C(c2ccc(CCCCCC)cc2)(c2ccc(CCCCCC)cc2)c2cc(-c3ccc(C5OCCO5)s3)ccc2-4)cc1. The average Bonchev–Trinajstić information content (AvgIpc) is 1.52. The molecule has 4 nitrogen and oxygen atoms in total. The van der Waals surface area contributed by atoms with Gasteiger partial charge in [-0.3, -0.25) is 0 Å². The van der Waals surface area contributed by atoms with E-state index < -0.39 is 10.8 Å². The Bertz CT molecular complexity index is 3360. The number of fused-ring (bicyclic) bond motifs is 7. The van der Waals surface area contributed by atoms with Crippen LogP contribution in [-0.2, 0) is 55.5 Å². The van der Waals surface area contributed by atoms with Crippen molar-refractivity contribution in [2.75, 3.05) is 26.4 Å². The number of rotatable bonds is 28. The first-order valence-electron chi connectivity index (χ1n) is 33.5. The highest BCUT2D eigenvalue weighted by molar-refractivity contribution is 7.19. The van der Waals surface area contributed by atoms with Crippen molar-refractivity contribution in [2.24, 2.45) is 0 Å². The summed E-state index contributed by atoms with van der Waals surface area (Å²) >= 11 is 5.64. The van der Waals surface area contributed by atoms with Crippen LogP contribution in [0.5, 0.6) is 0 Å². The summed E-state index contributed by atoms with van der Waals surface area (Å²) in [6, 6.07) is 64.1. The lowest BCUT2D eigenvalue weighted by Gasteiger charge is -2.40. The molecule has 7 heteroatoms. The van der Waals surface area contributed by atoms with Crippen LogP contribution in [0.2, 0.25) is 0 Å². The molecule has 87 heavy (non-hydrogen) atoms. The molecule has 0 spiro atoms. The van der Waals surface area contributed by atoms with E-state index in [-0.39, 0.29) is 12.6 Å². The van der Waals surface area contributed by atoms with Gasteiger partial charge in [-0.25, -0.2) is 0 Å². The van der Waals surface area contributed by atoms with Crippen molar-refractivity contribution in [2.45, 2.75) is 180 Å². The van der Waals surface area contributed by atoms with Gasteiger partial charge in [-0.05, 0) is 177 Å². The molecule has 0 atom stereocenters. The van der Waals surface area contributed by atoms with Crippen molar-refractivity contribution in [3.63, 3.8) is 0 Å². The minimum absolute atomic E-state index is 0.314. The Hall–Kier alpha value is -5.74. The number of thiophene rings is 3. The van der Waals surface area contributed by atoms with Crippen molar-refractivity contribution in [1.82, 2.24) is 0 Å². The molecule has 0 unspecified atom stereocenters. The Morgan fingerprint density at radius 1 is 0.333 bits per heavy atom. The smallest absolute Gasteiger partial charge is 0.193 e. The van der Waals surface area contributed by atoms with Crippen LogP contribution in [0.25, 0.3) is 41.8 Å². The van der Waals surface area contributed by atoms with Crippen LogP contribution in [0.1, 0.15) is 220 Å². The second-order valence-electron chi connectivity index (χ2n) is 25.1. The fourth-order valence-electron chi connectivity index (χ4n) is 14.8. The van der Waals surface area contributed by atoms with Crippen LogP contribution < -0.4 is 0 Å². The standard InChI is InChI=1S/C80H88O4S3/c1-5-9-13-17-21-55-25-35-61(36-26-55)79(62-37-27-56(28-38-62)22-18-14-10-6-2)67-53-59(69-45-47-71(85-69)77-81-49-50-82-77)33-43-65(67)75-73(79)74-76(87-75)66-44-34-60(70-46-48-72(86-70)78-83-51-52-84-78)54-68(66)80(74,63-39-29-57(30-40-63)23-19-15-11-7-3)64-41-31-58(32-42-64)24-20-16-12-8-4/h25-48,53-54,77-78H,5-24,49-52H2,1-4H3. The molecule has 0 N–H and O–H groups in total. The van der Waals surface area contributed by atoms with E-state index in [9.17, 15) is 0 Å². The Balaban J connectivity index is 1.08. The third kappa shape index (κ3) is 11.8. The van der Waals surface area contributed by atoms with E-state index in [1.165, 1.54) is 211 Å². The average molecular weight is 1210 g/mol. The number of hydrogen-bond acceptors (Lipinski definition) is 7. The Morgan fingerprint density at radius 3 is 0.943 bits per heavy atom. The summed E-state index contributed by atoms with van der Waals surface area (Å²) < 4.78 is 24.4. The van der Waals surface area contributed by atoms with Gasteiger partial charge in [0.25, 0.3) is 0 Å².